The summed E-state index contributed by atoms with van der Waals surface area (Å²) >= 11 is 0. The fourth-order valence-electron chi connectivity index (χ4n) is 1.61. The number of anilines is 1. The molecule has 3 N–H and O–H groups in total. The van der Waals surface area contributed by atoms with Crippen molar-refractivity contribution in [2.45, 2.75) is 26.9 Å². The molecule has 2 aromatic rings. The fraction of sp³-hybridized carbons (Fsp3) is 0.364. The summed E-state index contributed by atoms with van der Waals surface area (Å²) in [5, 5.41) is 6.70. The van der Waals surface area contributed by atoms with Gasteiger partial charge in [0.2, 0.25) is 5.89 Å². The Bertz CT molecular complexity index is 558. The van der Waals surface area contributed by atoms with E-state index in [1.165, 1.54) is 6.20 Å². The summed E-state index contributed by atoms with van der Waals surface area (Å²) in [5.41, 5.74) is 6.43. The van der Waals surface area contributed by atoms with Crippen molar-refractivity contribution in [3.63, 3.8) is 0 Å². The van der Waals surface area contributed by atoms with Crippen LogP contribution in [0.15, 0.2) is 16.8 Å². The Morgan fingerprint density at radius 3 is 2.94 bits per heavy atom. The second kappa shape index (κ2) is 4.91. The Labute approximate surface area is 104 Å². The topological polar surface area (TPSA) is 99.0 Å². The zero-order valence-electron chi connectivity index (χ0n) is 10.3. The Kier molecular flexibility index (Phi) is 3.31. The van der Waals surface area contributed by atoms with Crippen LogP contribution in [0.1, 0.15) is 29.1 Å². The summed E-state index contributed by atoms with van der Waals surface area (Å²) in [6, 6.07) is 0. The molecule has 0 saturated heterocycles. The van der Waals surface area contributed by atoms with Crippen LogP contribution in [0.25, 0.3) is 0 Å². The lowest BCUT2D eigenvalue weighted by molar-refractivity contribution is 0.0937. The molecule has 0 atom stereocenters. The Hall–Kier alpha value is -2.31. The van der Waals surface area contributed by atoms with Crippen LogP contribution in [0.4, 0.5) is 5.69 Å². The predicted molar refractivity (Wildman–Crippen MR) is 64.7 cm³/mol. The largest absolute Gasteiger partial charge is 0.444 e. The van der Waals surface area contributed by atoms with E-state index < -0.39 is 0 Å². The number of nitrogens with two attached hydrogens (primary N) is 1. The van der Waals surface area contributed by atoms with Gasteiger partial charge in [0.1, 0.15) is 11.5 Å². The molecule has 7 nitrogen and oxygen atoms in total. The molecule has 0 saturated carbocycles. The summed E-state index contributed by atoms with van der Waals surface area (Å²) in [7, 11) is 0. The highest BCUT2D eigenvalue weighted by Crippen LogP contribution is 2.10. The third-order valence-corrected chi connectivity index (χ3v) is 2.45. The number of hydrogen-bond donors (Lipinski definition) is 2. The van der Waals surface area contributed by atoms with Crippen LogP contribution >= 0.6 is 0 Å². The maximum atomic E-state index is 12.0. The minimum absolute atomic E-state index is 0.223. The third-order valence-electron chi connectivity index (χ3n) is 2.45. The minimum atomic E-state index is -0.289. The molecule has 7 heteroatoms. The summed E-state index contributed by atoms with van der Waals surface area (Å²) in [6.45, 7) is 4.49. The van der Waals surface area contributed by atoms with E-state index in [4.69, 9.17) is 10.2 Å². The van der Waals surface area contributed by atoms with Gasteiger partial charge >= 0.3 is 0 Å². The van der Waals surface area contributed by atoms with Crippen molar-refractivity contribution in [3.05, 3.63) is 29.7 Å². The Balaban J connectivity index is 2.05. The SMILES string of the molecule is CCn1ncc(N)c1C(=O)NCc1ncc(C)o1. The van der Waals surface area contributed by atoms with Crippen molar-refractivity contribution in [1.29, 1.82) is 0 Å². The number of nitrogens with one attached hydrogen (secondary N) is 1. The van der Waals surface area contributed by atoms with Gasteiger partial charge < -0.3 is 15.5 Å². The summed E-state index contributed by atoms with van der Waals surface area (Å²) in [4.78, 5) is 16.0. The van der Waals surface area contributed by atoms with E-state index >= 15 is 0 Å². The van der Waals surface area contributed by atoms with Crippen molar-refractivity contribution in [3.8, 4) is 0 Å². The number of carbonyl (C=O) groups is 1. The number of aryl methyl sites for hydroxylation is 2. The summed E-state index contributed by atoms with van der Waals surface area (Å²) in [5.74, 6) is 0.877. The van der Waals surface area contributed by atoms with Crippen molar-refractivity contribution < 1.29 is 9.21 Å². The lowest BCUT2D eigenvalue weighted by Crippen LogP contribution is -2.26. The van der Waals surface area contributed by atoms with Crippen LogP contribution in [0.5, 0.6) is 0 Å². The first-order chi connectivity index (χ1) is 8.61. The third kappa shape index (κ3) is 2.34. The van der Waals surface area contributed by atoms with Gasteiger partial charge in [-0.3, -0.25) is 9.48 Å². The molecule has 18 heavy (non-hydrogen) atoms. The molecule has 2 aromatic heterocycles. The molecule has 0 radical (unpaired) electrons. The quantitative estimate of drug-likeness (QED) is 0.831. The van der Waals surface area contributed by atoms with E-state index in [1.54, 1.807) is 17.8 Å². The molecule has 96 valence electrons. The lowest BCUT2D eigenvalue weighted by Gasteiger charge is -2.05. The monoisotopic (exact) mass is 249 g/mol. The standard InChI is InChI=1S/C11H15N5O2/c1-3-16-10(8(12)5-15-16)11(17)14-6-9-13-4-7(2)18-9/h4-5H,3,6,12H2,1-2H3,(H,14,17). The first-order valence-electron chi connectivity index (χ1n) is 5.62. The van der Waals surface area contributed by atoms with Gasteiger partial charge in [-0.2, -0.15) is 5.10 Å². The van der Waals surface area contributed by atoms with Crippen molar-refractivity contribution in [1.82, 2.24) is 20.1 Å². The van der Waals surface area contributed by atoms with Crippen molar-refractivity contribution >= 4 is 11.6 Å². The summed E-state index contributed by atoms with van der Waals surface area (Å²) in [6.07, 6.45) is 3.07. The first-order valence-corrected chi connectivity index (χ1v) is 5.62. The molecular formula is C11H15N5O2. The number of oxazole rings is 1. The molecule has 0 fully saturated rings. The van der Waals surface area contributed by atoms with E-state index in [0.29, 0.717) is 29.6 Å². The maximum Gasteiger partial charge on any atom is 0.272 e. The number of aromatic nitrogens is 3. The lowest BCUT2D eigenvalue weighted by atomic mass is 10.3. The molecule has 0 aromatic carbocycles. The van der Waals surface area contributed by atoms with Gasteiger partial charge in [0, 0.05) is 6.54 Å². The highest BCUT2D eigenvalue weighted by atomic mass is 16.4. The average Bonchev–Trinajstić information content (AvgIpc) is 2.92. The van der Waals surface area contributed by atoms with E-state index in [-0.39, 0.29) is 12.5 Å². The smallest absolute Gasteiger partial charge is 0.272 e. The molecule has 0 spiro atoms. The highest BCUT2D eigenvalue weighted by Gasteiger charge is 2.16. The van der Waals surface area contributed by atoms with E-state index in [1.807, 2.05) is 6.92 Å². The molecular weight excluding hydrogens is 234 g/mol. The van der Waals surface area contributed by atoms with Gasteiger partial charge in [-0.15, -0.1) is 0 Å². The van der Waals surface area contributed by atoms with Crippen LogP contribution < -0.4 is 11.1 Å². The maximum absolute atomic E-state index is 12.0. The molecule has 0 bridgehead atoms. The van der Waals surface area contributed by atoms with Gasteiger partial charge in [0.05, 0.1) is 24.6 Å². The van der Waals surface area contributed by atoms with E-state index in [0.717, 1.165) is 0 Å². The molecule has 0 aliphatic rings. The van der Waals surface area contributed by atoms with Crippen LogP contribution in [0, 0.1) is 6.92 Å². The second-order valence-corrected chi connectivity index (χ2v) is 3.81. The number of amides is 1. The molecule has 2 rings (SSSR count). The van der Waals surface area contributed by atoms with Gasteiger partial charge in [-0.05, 0) is 13.8 Å². The predicted octanol–water partition coefficient (Wildman–Crippen LogP) is 0.712. The Morgan fingerprint density at radius 1 is 1.56 bits per heavy atom. The molecule has 0 aliphatic carbocycles. The second-order valence-electron chi connectivity index (χ2n) is 3.81. The van der Waals surface area contributed by atoms with E-state index in [2.05, 4.69) is 15.4 Å². The normalized spacial score (nSPS) is 10.6. The first kappa shape index (κ1) is 12.2. The van der Waals surface area contributed by atoms with Crippen LogP contribution in [0.3, 0.4) is 0 Å². The molecule has 0 aliphatic heterocycles. The molecule has 2 heterocycles. The highest BCUT2D eigenvalue weighted by molar-refractivity contribution is 5.97. The number of nitrogens with zero attached hydrogens (tertiary/aromatic N) is 3. The van der Waals surface area contributed by atoms with Crippen LogP contribution in [-0.4, -0.2) is 20.7 Å². The number of rotatable bonds is 4. The minimum Gasteiger partial charge on any atom is -0.444 e. The van der Waals surface area contributed by atoms with Crippen LogP contribution in [-0.2, 0) is 13.1 Å². The number of hydrogen-bond acceptors (Lipinski definition) is 5. The van der Waals surface area contributed by atoms with Gasteiger partial charge in [0.15, 0.2) is 0 Å². The zero-order chi connectivity index (χ0) is 13.1. The number of carbonyl (C=O) groups excluding carboxylic acids is 1. The van der Waals surface area contributed by atoms with Gasteiger partial charge in [-0.25, -0.2) is 4.98 Å². The average molecular weight is 249 g/mol. The summed E-state index contributed by atoms with van der Waals surface area (Å²) < 4.78 is 6.81. The van der Waals surface area contributed by atoms with Crippen molar-refractivity contribution in [2.75, 3.05) is 5.73 Å². The molecule has 1 amide bonds. The Morgan fingerprint density at radius 2 is 2.33 bits per heavy atom. The number of nitrogen functional groups attached to an aromatic ring is 1. The molecule has 0 unspecified atom stereocenters. The van der Waals surface area contributed by atoms with Crippen LogP contribution in [0.2, 0.25) is 0 Å². The van der Waals surface area contributed by atoms with E-state index in [9.17, 15) is 4.79 Å². The van der Waals surface area contributed by atoms with Crippen molar-refractivity contribution in [2.24, 2.45) is 0 Å². The van der Waals surface area contributed by atoms with Gasteiger partial charge in [-0.1, -0.05) is 0 Å². The fourth-order valence-corrected chi connectivity index (χ4v) is 1.61. The zero-order valence-corrected chi connectivity index (χ0v) is 10.3. The van der Waals surface area contributed by atoms with Gasteiger partial charge in [0.25, 0.3) is 5.91 Å².